The summed E-state index contributed by atoms with van der Waals surface area (Å²) in [5.41, 5.74) is 3.20. The van der Waals surface area contributed by atoms with E-state index in [4.69, 9.17) is 25.8 Å². The van der Waals surface area contributed by atoms with E-state index in [1.54, 1.807) is 25.1 Å². The molecule has 3 aromatic rings. The van der Waals surface area contributed by atoms with E-state index in [0.717, 1.165) is 11.1 Å². The third-order valence-corrected chi connectivity index (χ3v) is 5.27. The number of hydrogen-bond acceptors (Lipinski definition) is 6. The Morgan fingerprint density at radius 2 is 1.68 bits per heavy atom. The predicted molar refractivity (Wildman–Crippen MR) is 130 cm³/mol. The van der Waals surface area contributed by atoms with Crippen molar-refractivity contribution in [2.45, 2.75) is 34.2 Å². The number of carbonyl (C=O) groups is 2. The molecule has 9 heteroatoms. The van der Waals surface area contributed by atoms with Gasteiger partial charge in [0, 0.05) is 11.8 Å². The van der Waals surface area contributed by atoms with Gasteiger partial charge in [0.2, 0.25) is 0 Å². The average molecular weight is 486 g/mol. The molecule has 34 heavy (non-hydrogen) atoms. The zero-order valence-corrected chi connectivity index (χ0v) is 20.4. The molecule has 1 heterocycles. The number of nitrogens with zero attached hydrogens (tertiary/aromatic N) is 2. The first kappa shape index (κ1) is 25.1. The number of anilines is 1. The van der Waals surface area contributed by atoms with Crippen molar-refractivity contribution in [3.63, 3.8) is 0 Å². The lowest BCUT2D eigenvalue weighted by atomic mass is 10.1. The van der Waals surface area contributed by atoms with E-state index in [0.29, 0.717) is 42.6 Å². The van der Waals surface area contributed by atoms with E-state index in [9.17, 15) is 9.59 Å². The Kier molecular flexibility index (Phi) is 8.54. The standard InChI is InChI=1S/C25H28ClN3O5/c1-5-32-20-12-11-19(13-21(20)33-6-2)27-22(30)15-34-25(31)23-17(4)28-29(24(23)26)14-18-9-7-16(3)8-10-18/h7-13H,5-6,14-15H2,1-4H3,(H,27,30). The molecule has 0 unspecified atom stereocenters. The summed E-state index contributed by atoms with van der Waals surface area (Å²) in [6.45, 7) is 8.29. The Hall–Kier alpha value is -3.52. The van der Waals surface area contributed by atoms with E-state index in [-0.39, 0.29) is 10.7 Å². The molecule has 180 valence electrons. The first-order chi connectivity index (χ1) is 16.3. The van der Waals surface area contributed by atoms with Gasteiger partial charge in [-0.05, 0) is 45.4 Å². The maximum Gasteiger partial charge on any atom is 0.343 e. The second kappa shape index (κ2) is 11.6. The van der Waals surface area contributed by atoms with Crippen LogP contribution in [-0.4, -0.2) is 41.5 Å². The number of benzene rings is 2. The summed E-state index contributed by atoms with van der Waals surface area (Å²) >= 11 is 6.41. The number of aromatic nitrogens is 2. The van der Waals surface area contributed by atoms with Crippen molar-refractivity contribution in [3.05, 3.63) is 70.0 Å². The van der Waals surface area contributed by atoms with Gasteiger partial charge >= 0.3 is 5.97 Å². The first-order valence-corrected chi connectivity index (χ1v) is 11.3. The maximum absolute atomic E-state index is 12.6. The molecule has 0 saturated carbocycles. The van der Waals surface area contributed by atoms with E-state index >= 15 is 0 Å². The molecule has 0 fully saturated rings. The number of halogens is 1. The first-order valence-electron chi connectivity index (χ1n) is 11.0. The zero-order chi connectivity index (χ0) is 24.7. The van der Waals surface area contributed by atoms with Gasteiger partial charge in [-0.3, -0.25) is 4.79 Å². The molecule has 1 N–H and O–H groups in total. The second-order valence-electron chi connectivity index (χ2n) is 7.55. The van der Waals surface area contributed by atoms with Gasteiger partial charge in [0.15, 0.2) is 18.1 Å². The lowest BCUT2D eigenvalue weighted by Crippen LogP contribution is -2.21. The Morgan fingerprint density at radius 1 is 1.00 bits per heavy atom. The highest BCUT2D eigenvalue weighted by Gasteiger charge is 2.22. The minimum absolute atomic E-state index is 0.140. The van der Waals surface area contributed by atoms with Crippen LogP contribution in [0.3, 0.4) is 0 Å². The van der Waals surface area contributed by atoms with Gasteiger partial charge in [0.1, 0.15) is 10.7 Å². The highest BCUT2D eigenvalue weighted by molar-refractivity contribution is 6.32. The van der Waals surface area contributed by atoms with Crippen molar-refractivity contribution in [1.29, 1.82) is 0 Å². The second-order valence-corrected chi connectivity index (χ2v) is 7.90. The van der Waals surface area contributed by atoms with Crippen molar-refractivity contribution in [2.75, 3.05) is 25.1 Å². The van der Waals surface area contributed by atoms with E-state index in [2.05, 4.69) is 10.4 Å². The molecule has 1 amide bonds. The summed E-state index contributed by atoms with van der Waals surface area (Å²) in [6.07, 6.45) is 0. The van der Waals surface area contributed by atoms with Crippen LogP contribution in [0.15, 0.2) is 42.5 Å². The fourth-order valence-electron chi connectivity index (χ4n) is 3.29. The fourth-order valence-corrected chi connectivity index (χ4v) is 3.60. The van der Waals surface area contributed by atoms with Gasteiger partial charge in [-0.15, -0.1) is 0 Å². The average Bonchev–Trinajstić information content (AvgIpc) is 3.08. The van der Waals surface area contributed by atoms with Gasteiger partial charge in [-0.25, -0.2) is 9.48 Å². The summed E-state index contributed by atoms with van der Waals surface area (Å²) in [5.74, 6) is -0.112. The third-order valence-electron chi connectivity index (χ3n) is 4.88. The van der Waals surface area contributed by atoms with E-state index < -0.39 is 18.5 Å². The summed E-state index contributed by atoms with van der Waals surface area (Å²) < 4.78 is 17.8. The molecule has 3 rings (SSSR count). The largest absolute Gasteiger partial charge is 0.490 e. The number of hydrogen-bond donors (Lipinski definition) is 1. The molecule has 0 aliphatic carbocycles. The number of esters is 1. The lowest BCUT2D eigenvalue weighted by Gasteiger charge is -2.13. The molecule has 0 saturated heterocycles. The molecule has 0 bridgehead atoms. The monoisotopic (exact) mass is 485 g/mol. The Balaban J connectivity index is 1.62. The molecule has 2 aromatic carbocycles. The molecular weight excluding hydrogens is 458 g/mol. The Bertz CT molecular complexity index is 1160. The summed E-state index contributed by atoms with van der Waals surface area (Å²) in [5, 5.41) is 7.20. The van der Waals surface area contributed by atoms with Crippen LogP contribution in [0.2, 0.25) is 5.15 Å². The van der Waals surface area contributed by atoms with Gasteiger partial charge in [0.05, 0.1) is 25.5 Å². The minimum Gasteiger partial charge on any atom is -0.490 e. The van der Waals surface area contributed by atoms with Crippen molar-refractivity contribution in [1.82, 2.24) is 9.78 Å². The molecule has 1 aromatic heterocycles. The van der Waals surface area contributed by atoms with Crippen LogP contribution in [0, 0.1) is 13.8 Å². The highest BCUT2D eigenvalue weighted by atomic mass is 35.5. The summed E-state index contributed by atoms with van der Waals surface area (Å²) in [7, 11) is 0. The summed E-state index contributed by atoms with van der Waals surface area (Å²) in [6, 6.07) is 13.0. The molecule has 0 atom stereocenters. The number of carbonyl (C=O) groups excluding carboxylic acids is 2. The van der Waals surface area contributed by atoms with Crippen molar-refractivity contribution in [3.8, 4) is 11.5 Å². The van der Waals surface area contributed by atoms with Crippen LogP contribution in [0.1, 0.15) is 41.0 Å². The van der Waals surface area contributed by atoms with Gasteiger partial charge in [0.25, 0.3) is 5.91 Å². The number of aryl methyl sites for hydroxylation is 2. The van der Waals surface area contributed by atoms with Crippen molar-refractivity contribution in [2.24, 2.45) is 0 Å². The Labute approximate surface area is 203 Å². The van der Waals surface area contributed by atoms with Crippen LogP contribution >= 0.6 is 11.6 Å². The molecule has 0 aliphatic heterocycles. The quantitative estimate of drug-likeness (QED) is 0.415. The van der Waals surface area contributed by atoms with E-state index in [1.807, 2.05) is 45.0 Å². The maximum atomic E-state index is 12.6. The fraction of sp³-hybridized carbons (Fsp3) is 0.320. The van der Waals surface area contributed by atoms with Crippen LogP contribution in [0.5, 0.6) is 11.5 Å². The number of rotatable bonds is 10. The number of ether oxygens (including phenoxy) is 3. The van der Waals surface area contributed by atoms with Crippen molar-refractivity contribution >= 4 is 29.2 Å². The topological polar surface area (TPSA) is 91.7 Å². The Morgan fingerprint density at radius 3 is 2.35 bits per heavy atom. The predicted octanol–water partition coefficient (Wildman–Crippen LogP) is 4.79. The highest BCUT2D eigenvalue weighted by Crippen LogP contribution is 2.30. The third kappa shape index (κ3) is 6.29. The normalized spacial score (nSPS) is 10.6. The van der Waals surface area contributed by atoms with Crippen LogP contribution < -0.4 is 14.8 Å². The number of amides is 1. The molecule has 8 nitrogen and oxygen atoms in total. The minimum atomic E-state index is -0.713. The summed E-state index contributed by atoms with van der Waals surface area (Å²) in [4.78, 5) is 25.0. The van der Waals surface area contributed by atoms with Gasteiger partial charge < -0.3 is 19.5 Å². The SMILES string of the molecule is CCOc1ccc(NC(=O)COC(=O)c2c(C)nn(Cc3ccc(C)cc3)c2Cl)cc1OCC. The van der Waals surface area contributed by atoms with Crippen LogP contribution in [0.25, 0.3) is 0 Å². The molecule has 0 spiro atoms. The van der Waals surface area contributed by atoms with Crippen LogP contribution in [-0.2, 0) is 16.1 Å². The molecule has 0 aliphatic rings. The molecule has 0 radical (unpaired) electrons. The van der Waals surface area contributed by atoms with Gasteiger partial charge in [-0.1, -0.05) is 41.4 Å². The van der Waals surface area contributed by atoms with Crippen molar-refractivity contribution < 1.29 is 23.8 Å². The van der Waals surface area contributed by atoms with Crippen LogP contribution in [0.4, 0.5) is 5.69 Å². The smallest absolute Gasteiger partial charge is 0.343 e. The van der Waals surface area contributed by atoms with Gasteiger partial charge in [-0.2, -0.15) is 5.10 Å². The van der Waals surface area contributed by atoms with E-state index in [1.165, 1.54) is 4.68 Å². The zero-order valence-electron chi connectivity index (χ0n) is 19.7. The lowest BCUT2D eigenvalue weighted by molar-refractivity contribution is -0.119. The number of nitrogens with one attached hydrogen (secondary N) is 1. The molecular formula is C25H28ClN3O5.